The van der Waals surface area contributed by atoms with Gasteiger partial charge in [-0.1, -0.05) is 6.07 Å². The molecule has 0 unspecified atom stereocenters. The Morgan fingerprint density at radius 2 is 1.91 bits per heavy atom. The molecule has 0 saturated carbocycles. The number of benzene rings is 1. The fourth-order valence-corrected chi connectivity index (χ4v) is 4.43. The highest BCUT2D eigenvalue weighted by molar-refractivity contribution is 6.03. The fourth-order valence-electron chi connectivity index (χ4n) is 4.43. The molecule has 0 aliphatic carbocycles. The van der Waals surface area contributed by atoms with Gasteiger partial charge in [-0.15, -0.1) is 0 Å². The van der Waals surface area contributed by atoms with Gasteiger partial charge in [0.05, 0.1) is 49.5 Å². The first-order chi connectivity index (χ1) is 15.8. The minimum atomic E-state index is -0.403. The molecule has 1 fully saturated rings. The standard InChI is InChI=1S/C24H33N5O4/c1-17(2)33-24(31)28-15-18(3)29(19(4)30)22-6-5-20(13-23(22)28)21-14-25-27(16-21)8-7-26-9-11-32-12-10-26/h5-6,13-14,16-18H,7-12,15H2,1-4H3/t18-/m0/s1. The van der Waals surface area contributed by atoms with E-state index < -0.39 is 6.09 Å². The van der Waals surface area contributed by atoms with Crippen LogP contribution in [-0.2, 0) is 20.8 Å². The molecule has 1 aromatic carbocycles. The number of carbonyl (C=O) groups is 2. The van der Waals surface area contributed by atoms with Crippen molar-refractivity contribution in [3.63, 3.8) is 0 Å². The minimum Gasteiger partial charge on any atom is -0.446 e. The van der Waals surface area contributed by atoms with Gasteiger partial charge in [0.25, 0.3) is 0 Å². The average molecular weight is 456 g/mol. The molecule has 0 radical (unpaired) electrons. The number of amides is 2. The normalized spacial score (nSPS) is 19.0. The summed E-state index contributed by atoms with van der Waals surface area (Å²) in [6.45, 7) is 12.7. The Balaban J connectivity index is 1.59. The number of ether oxygens (including phenoxy) is 2. The lowest BCUT2D eigenvalue weighted by Crippen LogP contribution is -2.51. The van der Waals surface area contributed by atoms with Crippen LogP contribution in [0.15, 0.2) is 30.6 Å². The Hall–Kier alpha value is -2.91. The molecule has 178 valence electrons. The molecular weight excluding hydrogens is 422 g/mol. The molecule has 9 heteroatoms. The van der Waals surface area contributed by atoms with Gasteiger partial charge in [-0.2, -0.15) is 5.10 Å². The Kier molecular flexibility index (Phi) is 6.99. The summed E-state index contributed by atoms with van der Waals surface area (Å²) in [5.41, 5.74) is 3.29. The van der Waals surface area contributed by atoms with Crippen LogP contribution in [0, 0.1) is 0 Å². The first-order valence-electron chi connectivity index (χ1n) is 11.6. The van der Waals surface area contributed by atoms with Crippen molar-refractivity contribution in [3.05, 3.63) is 30.6 Å². The smallest absolute Gasteiger partial charge is 0.414 e. The lowest BCUT2D eigenvalue weighted by Gasteiger charge is -2.40. The molecule has 1 atom stereocenters. The summed E-state index contributed by atoms with van der Waals surface area (Å²) in [5.74, 6) is -0.0516. The van der Waals surface area contributed by atoms with Crippen molar-refractivity contribution in [2.75, 3.05) is 49.2 Å². The molecular formula is C24H33N5O4. The molecule has 2 amide bonds. The lowest BCUT2D eigenvalue weighted by molar-refractivity contribution is -0.117. The number of carbonyl (C=O) groups excluding carboxylic acids is 2. The Bertz CT molecular complexity index is 998. The maximum absolute atomic E-state index is 12.9. The van der Waals surface area contributed by atoms with Crippen molar-refractivity contribution in [2.45, 2.75) is 46.4 Å². The second-order valence-electron chi connectivity index (χ2n) is 8.93. The first kappa shape index (κ1) is 23.3. The van der Waals surface area contributed by atoms with Crippen molar-refractivity contribution >= 4 is 23.4 Å². The number of hydrogen-bond donors (Lipinski definition) is 0. The maximum atomic E-state index is 12.9. The van der Waals surface area contributed by atoms with Gasteiger partial charge < -0.3 is 14.4 Å². The Morgan fingerprint density at radius 3 is 2.61 bits per heavy atom. The molecule has 2 aromatic rings. The summed E-state index contributed by atoms with van der Waals surface area (Å²) in [6.07, 6.45) is 3.23. The zero-order valence-electron chi connectivity index (χ0n) is 19.9. The topological polar surface area (TPSA) is 80.1 Å². The Morgan fingerprint density at radius 1 is 1.15 bits per heavy atom. The van der Waals surface area contributed by atoms with E-state index in [1.807, 2.05) is 56.0 Å². The van der Waals surface area contributed by atoms with Crippen molar-refractivity contribution in [2.24, 2.45) is 0 Å². The van der Waals surface area contributed by atoms with Crippen LogP contribution in [0.2, 0.25) is 0 Å². The zero-order chi connectivity index (χ0) is 23.5. The van der Waals surface area contributed by atoms with Crippen molar-refractivity contribution in [1.82, 2.24) is 14.7 Å². The number of rotatable bonds is 5. The van der Waals surface area contributed by atoms with E-state index in [1.54, 1.807) is 16.7 Å². The van der Waals surface area contributed by atoms with Gasteiger partial charge >= 0.3 is 6.09 Å². The summed E-state index contributed by atoms with van der Waals surface area (Å²) in [4.78, 5) is 30.9. The Labute approximate surface area is 194 Å². The minimum absolute atomic E-state index is 0.0516. The second-order valence-corrected chi connectivity index (χ2v) is 8.93. The van der Waals surface area contributed by atoms with Crippen molar-refractivity contribution < 1.29 is 19.1 Å². The molecule has 0 spiro atoms. The predicted molar refractivity (Wildman–Crippen MR) is 127 cm³/mol. The summed E-state index contributed by atoms with van der Waals surface area (Å²) in [6, 6.07) is 5.68. The summed E-state index contributed by atoms with van der Waals surface area (Å²) in [5, 5.41) is 4.53. The third-order valence-corrected chi connectivity index (χ3v) is 6.03. The first-order valence-corrected chi connectivity index (χ1v) is 11.6. The monoisotopic (exact) mass is 455 g/mol. The van der Waals surface area contributed by atoms with Crippen LogP contribution < -0.4 is 9.80 Å². The number of anilines is 2. The van der Waals surface area contributed by atoms with Crippen LogP contribution in [0.1, 0.15) is 27.7 Å². The summed E-state index contributed by atoms with van der Waals surface area (Å²) < 4.78 is 12.8. The molecule has 9 nitrogen and oxygen atoms in total. The van der Waals surface area contributed by atoms with Gasteiger partial charge in [0.1, 0.15) is 0 Å². The predicted octanol–water partition coefficient (Wildman–Crippen LogP) is 2.99. The van der Waals surface area contributed by atoms with E-state index in [9.17, 15) is 9.59 Å². The van der Waals surface area contributed by atoms with Crippen LogP contribution in [0.3, 0.4) is 0 Å². The van der Waals surface area contributed by atoms with E-state index in [0.29, 0.717) is 17.9 Å². The summed E-state index contributed by atoms with van der Waals surface area (Å²) >= 11 is 0. The van der Waals surface area contributed by atoms with Gasteiger partial charge in [0.2, 0.25) is 5.91 Å². The zero-order valence-corrected chi connectivity index (χ0v) is 19.9. The number of morpholine rings is 1. The van der Waals surface area contributed by atoms with E-state index in [0.717, 1.165) is 50.5 Å². The van der Waals surface area contributed by atoms with Gasteiger partial charge in [-0.25, -0.2) is 4.79 Å². The molecule has 0 bridgehead atoms. The largest absolute Gasteiger partial charge is 0.446 e. The number of fused-ring (bicyclic) bond motifs is 1. The van der Waals surface area contributed by atoms with E-state index in [2.05, 4.69) is 10.00 Å². The van der Waals surface area contributed by atoms with Crippen LogP contribution in [0.5, 0.6) is 0 Å². The molecule has 0 N–H and O–H groups in total. The van der Waals surface area contributed by atoms with Crippen LogP contribution in [0.25, 0.3) is 11.1 Å². The number of nitrogens with zero attached hydrogens (tertiary/aromatic N) is 5. The summed E-state index contributed by atoms with van der Waals surface area (Å²) in [7, 11) is 0. The van der Waals surface area contributed by atoms with Gasteiger partial charge in [-0.3, -0.25) is 19.3 Å². The SMILES string of the molecule is CC(=O)N1c2ccc(-c3cnn(CCN4CCOCC4)c3)cc2N(C(=O)OC(C)C)C[C@@H]1C. The van der Waals surface area contributed by atoms with Crippen LogP contribution in [0.4, 0.5) is 16.2 Å². The molecule has 33 heavy (non-hydrogen) atoms. The molecule has 2 aliphatic heterocycles. The highest BCUT2D eigenvalue weighted by Crippen LogP contribution is 2.39. The van der Waals surface area contributed by atoms with E-state index in [4.69, 9.17) is 9.47 Å². The molecule has 4 rings (SSSR count). The van der Waals surface area contributed by atoms with E-state index in [-0.39, 0.29) is 18.1 Å². The van der Waals surface area contributed by atoms with Gasteiger partial charge in [0.15, 0.2) is 0 Å². The van der Waals surface area contributed by atoms with Crippen LogP contribution >= 0.6 is 0 Å². The van der Waals surface area contributed by atoms with Crippen molar-refractivity contribution in [3.8, 4) is 11.1 Å². The number of hydrogen-bond acceptors (Lipinski definition) is 6. The molecule has 1 aromatic heterocycles. The second kappa shape index (κ2) is 9.93. The third kappa shape index (κ3) is 5.20. The average Bonchev–Trinajstić information content (AvgIpc) is 3.26. The molecule has 2 aliphatic rings. The van der Waals surface area contributed by atoms with Crippen LogP contribution in [-0.4, -0.2) is 78.2 Å². The third-order valence-electron chi connectivity index (χ3n) is 6.03. The number of aromatic nitrogens is 2. The highest BCUT2D eigenvalue weighted by atomic mass is 16.6. The quantitative estimate of drug-likeness (QED) is 0.690. The van der Waals surface area contributed by atoms with Gasteiger partial charge in [0, 0.05) is 44.9 Å². The van der Waals surface area contributed by atoms with Crippen molar-refractivity contribution in [1.29, 1.82) is 0 Å². The maximum Gasteiger partial charge on any atom is 0.414 e. The lowest BCUT2D eigenvalue weighted by atomic mass is 10.0. The molecule has 1 saturated heterocycles. The van der Waals surface area contributed by atoms with E-state index >= 15 is 0 Å². The fraction of sp³-hybridized carbons (Fsp3) is 0.542. The molecule has 3 heterocycles. The van der Waals surface area contributed by atoms with E-state index in [1.165, 1.54) is 0 Å². The van der Waals surface area contributed by atoms with Gasteiger partial charge in [-0.05, 0) is 38.5 Å². The highest BCUT2D eigenvalue weighted by Gasteiger charge is 2.34.